The number of piperazine rings is 1. The van der Waals surface area contributed by atoms with Gasteiger partial charge in [0.15, 0.2) is 0 Å². The molecule has 3 heterocycles. The second-order valence-corrected chi connectivity index (χ2v) is 6.46. The van der Waals surface area contributed by atoms with Gasteiger partial charge in [-0.1, -0.05) is 5.16 Å². The Balaban J connectivity index is 0.00000156. The van der Waals surface area contributed by atoms with Gasteiger partial charge in [0.05, 0.1) is 11.8 Å². The summed E-state index contributed by atoms with van der Waals surface area (Å²) in [7, 11) is 0. The minimum Gasteiger partial charge on any atom is -0.364 e. The predicted octanol–water partition coefficient (Wildman–Crippen LogP) is 1.29. The Morgan fingerprint density at radius 1 is 1.20 bits per heavy atom. The molecule has 0 saturated carbocycles. The number of aryl methyl sites for hydroxylation is 2. The molecule has 2 saturated heterocycles. The first-order chi connectivity index (χ1) is 11.1. The number of amides is 1. The molecule has 0 unspecified atom stereocenters. The molecule has 0 radical (unpaired) electrons. The van der Waals surface area contributed by atoms with E-state index in [1.54, 1.807) is 0 Å². The third-order valence-corrected chi connectivity index (χ3v) is 4.89. The van der Waals surface area contributed by atoms with E-state index in [2.05, 4.69) is 10.1 Å². The molecule has 2 aliphatic heterocycles. The van der Waals surface area contributed by atoms with Crippen LogP contribution in [0.2, 0.25) is 0 Å². The quantitative estimate of drug-likeness (QED) is 0.827. The van der Waals surface area contributed by atoms with Crippen LogP contribution in [0.3, 0.4) is 0 Å². The van der Waals surface area contributed by atoms with Crippen LogP contribution in [0, 0.1) is 13.8 Å². The molecule has 3 rings (SSSR count). The zero-order valence-electron chi connectivity index (χ0n) is 14.8. The van der Waals surface area contributed by atoms with Gasteiger partial charge in [0, 0.05) is 44.8 Å². The van der Waals surface area contributed by atoms with Gasteiger partial charge in [-0.25, -0.2) is 0 Å². The Kier molecular flexibility index (Phi) is 8.63. The summed E-state index contributed by atoms with van der Waals surface area (Å²) in [5.41, 5.74) is 7.73. The summed E-state index contributed by atoms with van der Waals surface area (Å²) in [5, 5.41) is 4.00. The number of halogens is 2. The molecule has 2 aliphatic rings. The van der Waals surface area contributed by atoms with E-state index in [-0.39, 0.29) is 42.9 Å². The molecule has 2 atom stereocenters. The molecule has 25 heavy (non-hydrogen) atoms. The highest BCUT2D eigenvalue weighted by Gasteiger charge is 2.34. The zero-order chi connectivity index (χ0) is 16.4. The van der Waals surface area contributed by atoms with Crippen molar-refractivity contribution in [1.29, 1.82) is 0 Å². The number of rotatable bonds is 4. The van der Waals surface area contributed by atoms with E-state index in [0.29, 0.717) is 6.54 Å². The van der Waals surface area contributed by atoms with Gasteiger partial charge >= 0.3 is 0 Å². The smallest absolute Gasteiger partial charge is 0.251 e. The van der Waals surface area contributed by atoms with Gasteiger partial charge in [-0.15, -0.1) is 24.8 Å². The number of aromatic nitrogens is 1. The van der Waals surface area contributed by atoms with Crippen molar-refractivity contribution in [3.63, 3.8) is 0 Å². The predicted molar refractivity (Wildman–Crippen MR) is 99.3 cm³/mol. The Bertz CT molecular complexity index is 542. The number of hydrogen-bond acceptors (Lipinski definition) is 6. The molecule has 1 aromatic heterocycles. The topological polar surface area (TPSA) is 84.8 Å². The van der Waals surface area contributed by atoms with Crippen LogP contribution in [0.25, 0.3) is 0 Å². The molecule has 1 amide bonds. The van der Waals surface area contributed by atoms with Crippen molar-refractivity contribution >= 4 is 30.7 Å². The van der Waals surface area contributed by atoms with Crippen LogP contribution >= 0.6 is 24.8 Å². The van der Waals surface area contributed by atoms with Crippen molar-refractivity contribution in [3.05, 3.63) is 17.0 Å². The molecular formula is C16H28Cl2N4O3. The average Bonchev–Trinajstić information content (AvgIpc) is 3.17. The molecule has 2 N–H and O–H groups in total. The summed E-state index contributed by atoms with van der Waals surface area (Å²) in [6.07, 6.45) is 1.43. The van der Waals surface area contributed by atoms with Crippen LogP contribution in [0.1, 0.15) is 29.9 Å². The van der Waals surface area contributed by atoms with E-state index >= 15 is 0 Å². The van der Waals surface area contributed by atoms with Gasteiger partial charge in [-0.05, 0) is 26.7 Å². The maximum absolute atomic E-state index is 12.5. The summed E-state index contributed by atoms with van der Waals surface area (Å²) < 4.78 is 10.9. The van der Waals surface area contributed by atoms with Crippen molar-refractivity contribution in [1.82, 2.24) is 15.0 Å². The van der Waals surface area contributed by atoms with Gasteiger partial charge in [0.25, 0.3) is 5.91 Å². The molecular weight excluding hydrogens is 367 g/mol. The fourth-order valence-corrected chi connectivity index (χ4v) is 3.34. The number of hydrogen-bond donors (Lipinski definition) is 1. The van der Waals surface area contributed by atoms with E-state index in [4.69, 9.17) is 15.0 Å². The zero-order valence-corrected chi connectivity index (χ0v) is 16.4. The van der Waals surface area contributed by atoms with Crippen LogP contribution in [0.5, 0.6) is 0 Å². The van der Waals surface area contributed by atoms with Crippen LogP contribution < -0.4 is 5.73 Å². The van der Waals surface area contributed by atoms with Crippen molar-refractivity contribution < 1.29 is 14.1 Å². The van der Waals surface area contributed by atoms with Crippen LogP contribution in [-0.4, -0.2) is 65.8 Å². The van der Waals surface area contributed by atoms with Crippen molar-refractivity contribution in [2.45, 2.75) is 45.4 Å². The third kappa shape index (κ3) is 5.08. The van der Waals surface area contributed by atoms with Crippen LogP contribution in [0.4, 0.5) is 0 Å². The highest BCUT2D eigenvalue weighted by molar-refractivity contribution is 5.85. The van der Waals surface area contributed by atoms with Crippen molar-refractivity contribution in [2.75, 3.05) is 32.7 Å². The Labute approximate surface area is 161 Å². The van der Waals surface area contributed by atoms with Gasteiger partial charge in [0.1, 0.15) is 11.9 Å². The van der Waals surface area contributed by atoms with E-state index in [1.807, 2.05) is 18.7 Å². The fourth-order valence-electron chi connectivity index (χ4n) is 3.34. The maximum Gasteiger partial charge on any atom is 0.251 e. The maximum atomic E-state index is 12.5. The Hall–Kier alpha value is -0.860. The second-order valence-electron chi connectivity index (χ2n) is 6.46. The van der Waals surface area contributed by atoms with Gasteiger partial charge < -0.3 is 19.9 Å². The van der Waals surface area contributed by atoms with Crippen molar-refractivity contribution in [2.24, 2.45) is 5.73 Å². The number of ether oxygens (including phenoxy) is 1. The lowest BCUT2D eigenvalue weighted by Gasteiger charge is -2.35. The number of carbonyl (C=O) groups is 1. The number of nitrogens with zero attached hydrogens (tertiary/aromatic N) is 3. The largest absolute Gasteiger partial charge is 0.364 e. The monoisotopic (exact) mass is 394 g/mol. The molecule has 0 aromatic carbocycles. The average molecular weight is 395 g/mol. The third-order valence-electron chi connectivity index (χ3n) is 4.89. The van der Waals surface area contributed by atoms with Crippen LogP contribution in [0.15, 0.2) is 4.52 Å². The van der Waals surface area contributed by atoms with E-state index in [0.717, 1.165) is 62.6 Å². The van der Waals surface area contributed by atoms with Gasteiger partial charge in [-0.3, -0.25) is 9.69 Å². The minimum atomic E-state index is -0.294. The normalized spacial score (nSPS) is 23.9. The summed E-state index contributed by atoms with van der Waals surface area (Å²) in [4.78, 5) is 16.8. The van der Waals surface area contributed by atoms with E-state index in [1.165, 1.54) is 0 Å². The lowest BCUT2D eigenvalue weighted by Crippen LogP contribution is -2.51. The minimum absolute atomic E-state index is 0. The fraction of sp³-hybridized carbons (Fsp3) is 0.750. The van der Waals surface area contributed by atoms with E-state index in [9.17, 15) is 4.79 Å². The Morgan fingerprint density at radius 2 is 1.88 bits per heavy atom. The highest BCUT2D eigenvalue weighted by atomic mass is 35.5. The second kappa shape index (κ2) is 9.73. The number of nitrogens with two attached hydrogens (primary N) is 1. The number of carbonyl (C=O) groups excluding carboxylic acids is 1. The SMILES string of the molecule is Cc1noc(C)c1CN1CCN(C(=O)[C@@H]2CC[C@H](CN)O2)CC1.Cl.Cl. The molecule has 0 aliphatic carbocycles. The molecule has 1 aromatic rings. The van der Waals surface area contributed by atoms with Gasteiger partial charge in [0.2, 0.25) is 0 Å². The lowest BCUT2D eigenvalue weighted by molar-refractivity contribution is -0.144. The van der Waals surface area contributed by atoms with Gasteiger partial charge in [-0.2, -0.15) is 0 Å². The molecule has 144 valence electrons. The first-order valence-electron chi connectivity index (χ1n) is 8.37. The molecule has 7 nitrogen and oxygen atoms in total. The summed E-state index contributed by atoms with van der Waals surface area (Å²) in [6.45, 7) is 8.46. The van der Waals surface area contributed by atoms with E-state index < -0.39 is 0 Å². The summed E-state index contributed by atoms with van der Waals surface area (Å²) >= 11 is 0. The highest BCUT2D eigenvalue weighted by Crippen LogP contribution is 2.22. The Morgan fingerprint density at radius 3 is 2.40 bits per heavy atom. The molecule has 0 bridgehead atoms. The molecule has 0 spiro atoms. The summed E-state index contributed by atoms with van der Waals surface area (Å²) in [6, 6.07) is 0. The first kappa shape index (κ1) is 22.2. The van der Waals surface area contributed by atoms with Crippen LogP contribution in [-0.2, 0) is 16.1 Å². The molecule has 9 heteroatoms. The lowest BCUT2D eigenvalue weighted by atomic mass is 10.1. The van der Waals surface area contributed by atoms with Crippen molar-refractivity contribution in [3.8, 4) is 0 Å². The first-order valence-corrected chi connectivity index (χ1v) is 8.37. The standard InChI is InChI=1S/C16H26N4O3.2ClH/c1-11-14(12(2)23-18-11)10-19-5-7-20(8-6-19)16(21)15-4-3-13(9-17)22-15;;/h13,15H,3-10,17H2,1-2H3;2*1H/t13-,15+;;/m1../s1. The molecule has 2 fully saturated rings. The summed E-state index contributed by atoms with van der Waals surface area (Å²) in [5.74, 6) is 1.01.